The van der Waals surface area contributed by atoms with Crippen LogP contribution in [-0.4, -0.2) is 54.7 Å². The SMILES string of the molecule is C=CCOCCOCCOCCOS(=O)(=O)c1ccccc1. The third-order valence-corrected chi connectivity index (χ3v) is 3.80. The molecule has 22 heavy (non-hydrogen) atoms. The lowest BCUT2D eigenvalue weighted by atomic mass is 10.4. The Morgan fingerprint density at radius 2 is 1.41 bits per heavy atom. The summed E-state index contributed by atoms with van der Waals surface area (Å²) in [7, 11) is -3.71. The van der Waals surface area contributed by atoms with Gasteiger partial charge >= 0.3 is 0 Å². The van der Waals surface area contributed by atoms with E-state index >= 15 is 0 Å². The van der Waals surface area contributed by atoms with Gasteiger partial charge in [0.2, 0.25) is 0 Å². The Morgan fingerprint density at radius 3 is 2.00 bits per heavy atom. The molecule has 0 aliphatic heterocycles. The molecule has 0 bridgehead atoms. The summed E-state index contributed by atoms with van der Waals surface area (Å²) in [5, 5.41) is 0. The number of hydrogen-bond acceptors (Lipinski definition) is 6. The van der Waals surface area contributed by atoms with Crippen molar-refractivity contribution in [2.24, 2.45) is 0 Å². The lowest BCUT2D eigenvalue weighted by Gasteiger charge is -2.07. The van der Waals surface area contributed by atoms with Crippen LogP contribution in [0.3, 0.4) is 0 Å². The second kappa shape index (κ2) is 11.3. The molecule has 0 N–H and O–H groups in total. The van der Waals surface area contributed by atoms with Crippen LogP contribution in [0.25, 0.3) is 0 Å². The van der Waals surface area contributed by atoms with Gasteiger partial charge in [-0.25, -0.2) is 0 Å². The summed E-state index contributed by atoms with van der Waals surface area (Å²) >= 11 is 0. The van der Waals surface area contributed by atoms with Crippen molar-refractivity contribution in [3.8, 4) is 0 Å². The molecule has 0 saturated carbocycles. The van der Waals surface area contributed by atoms with E-state index < -0.39 is 10.1 Å². The molecule has 0 aliphatic carbocycles. The third kappa shape index (κ3) is 8.26. The number of rotatable bonds is 13. The fourth-order valence-corrected chi connectivity index (χ4v) is 2.38. The van der Waals surface area contributed by atoms with E-state index in [4.69, 9.17) is 18.4 Å². The Hall–Kier alpha value is -1.25. The molecule has 0 amide bonds. The molecule has 7 heteroatoms. The number of benzene rings is 1. The first-order valence-electron chi connectivity index (χ1n) is 6.95. The van der Waals surface area contributed by atoms with Gasteiger partial charge in [-0.3, -0.25) is 4.18 Å². The van der Waals surface area contributed by atoms with Gasteiger partial charge in [0.05, 0.1) is 51.1 Å². The number of hydrogen-bond donors (Lipinski definition) is 0. The zero-order valence-corrected chi connectivity index (χ0v) is 13.3. The molecule has 0 heterocycles. The lowest BCUT2D eigenvalue weighted by Crippen LogP contribution is -2.14. The third-order valence-electron chi connectivity index (χ3n) is 2.48. The first kappa shape index (κ1) is 18.8. The molecule has 0 atom stereocenters. The van der Waals surface area contributed by atoms with Crippen molar-refractivity contribution in [1.82, 2.24) is 0 Å². The van der Waals surface area contributed by atoms with Crippen LogP contribution in [0.2, 0.25) is 0 Å². The second-order valence-electron chi connectivity index (χ2n) is 4.18. The average Bonchev–Trinajstić information content (AvgIpc) is 2.53. The van der Waals surface area contributed by atoms with Crippen LogP contribution in [0.4, 0.5) is 0 Å². The zero-order chi connectivity index (χ0) is 16.1. The summed E-state index contributed by atoms with van der Waals surface area (Å²) in [6.07, 6.45) is 1.67. The van der Waals surface area contributed by atoms with Crippen molar-refractivity contribution in [2.75, 3.05) is 46.2 Å². The summed E-state index contributed by atoms with van der Waals surface area (Å²) in [5.41, 5.74) is 0. The predicted molar refractivity (Wildman–Crippen MR) is 82.2 cm³/mol. The van der Waals surface area contributed by atoms with Gasteiger partial charge in [-0.15, -0.1) is 6.58 Å². The van der Waals surface area contributed by atoms with E-state index in [2.05, 4.69) is 6.58 Å². The highest BCUT2D eigenvalue weighted by Crippen LogP contribution is 2.10. The molecule has 1 aromatic rings. The molecule has 1 aromatic carbocycles. The summed E-state index contributed by atoms with van der Waals surface area (Å²) in [6, 6.07) is 7.99. The van der Waals surface area contributed by atoms with Gasteiger partial charge in [0.15, 0.2) is 0 Å². The predicted octanol–water partition coefficient (Wildman–Crippen LogP) is 1.63. The Bertz CT molecular complexity index is 500. The Labute approximate surface area is 131 Å². The highest BCUT2D eigenvalue weighted by Gasteiger charge is 2.13. The summed E-state index contributed by atoms with van der Waals surface area (Å²) in [4.78, 5) is 0.137. The highest BCUT2D eigenvalue weighted by molar-refractivity contribution is 7.86. The molecule has 1 rings (SSSR count). The van der Waals surface area contributed by atoms with Gasteiger partial charge in [0.1, 0.15) is 0 Å². The molecule has 0 spiro atoms. The quantitative estimate of drug-likeness (QED) is 0.311. The maximum absolute atomic E-state index is 11.8. The van der Waals surface area contributed by atoms with E-state index in [1.54, 1.807) is 24.3 Å². The molecule has 0 aliphatic rings. The van der Waals surface area contributed by atoms with E-state index in [9.17, 15) is 8.42 Å². The second-order valence-corrected chi connectivity index (χ2v) is 5.79. The average molecular weight is 330 g/mol. The van der Waals surface area contributed by atoms with Gasteiger partial charge in [-0.2, -0.15) is 8.42 Å². The molecule has 0 fully saturated rings. The monoisotopic (exact) mass is 330 g/mol. The normalized spacial score (nSPS) is 11.5. The van der Waals surface area contributed by atoms with Crippen LogP contribution in [0.1, 0.15) is 0 Å². The number of ether oxygens (including phenoxy) is 3. The van der Waals surface area contributed by atoms with Crippen molar-refractivity contribution < 1.29 is 26.8 Å². The van der Waals surface area contributed by atoms with Crippen molar-refractivity contribution in [2.45, 2.75) is 4.90 Å². The van der Waals surface area contributed by atoms with Gasteiger partial charge in [0.25, 0.3) is 10.1 Å². The molecular weight excluding hydrogens is 308 g/mol. The van der Waals surface area contributed by atoms with E-state index in [0.29, 0.717) is 33.0 Å². The van der Waals surface area contributed by atoms with E-state index in [1.165, 1.54) is 12.1 Å². The molecule has 6 nitrogen and oxygen atoms in total. The first-order valence-corrected chi connectivity index (χ1v) is 8.36. The first-order chi connectivity index (χ1) is 10.7. The maximum atomic E-state index is 11.8. The zero-order valence-electron chi connectivity index (χ0n) is 12.5. The van der Waals surface area contributed by atoms with Crippen LogP contribution in [0.5, 0.6) is 0 Å². The summed E-state index contributed by atoms with van der Waals surface area (Å²) in [5.74, 6) is 0. The minimum atomic E-state index is -3.71. The summed E-state index contributed by atoms with van der Waals surface area (Å²) in [6.45, 7) is 5.97. The largest absolute Gasteiger partial charge is 0.377 e. The van der Waals surface area contributed by atoms with Crippen LogP contribution < -0.4 is 0 Å². The van der Waals surface area contributed by atoms with Gasteiger partial charge in [-0.05, 0) is 12.1 Å². The summed E-state index contributed by atoms with van der Waals surface area (Å²) < 4.78 is 44.0. The molecule has 0 aromatic heterocycles. The minimum absolute atomic E-state index is 0.0281. The maximum Gasteiger partial charge on any atom is 0.297 e. The van der Waals surface area contributed by atoms with Crippen molar-refractivity contribution in [1.29, 1.82) is 0 Å². The Balaban J connectivity index is 2.00. The Kier molecular flexibility index (Phi) is 9.69. The van der Waals surface area contributed by atoms with Crippen molar-refractivity contribution in [3.63, 3.8) is 0 Å². The van der Waals surface area contributed by atoms with E-state index in [-0.39, 0.29) is 18.1 Å². The van der Waals surface area contributed by atoms with Crippen molar-refractivity contribution >= 4 is 10.1 Å². The fourth-order valence-electron chi connectivity index (χ4n) is 1.46. The van der Waals surface area contributed by atoms with Crippen LogP contribution in [0.15, 0.2) is 47.9 Å². The smallest absolute Gasteiger partial charge is 0.297 e. The molecular formula is C15H22O6S. The van der Waals surface area contributed by atoms with Crippen molar-refractivity contribution in [3.05, 3.63) is 43.0 Å². The topological polar surface area (TPSA) is 71.1 Å². The van der Waals surface area contributed by atoms with Gasteiger partial charge in [0, 0.05) is 0 Å². The van der Waals surface area contributed by atoms with Crippen LogP contribution in [0, 0.1) is 0 Å². The standard InChI is InChI=1S/C15H22O6S/c1-2-8-18-9-10-19-11-12-20-13-14-21-22(16,17)15-6-4-3-5-7-15/h2-7H,1,8-14H2. The Morgan fingerprint density at radius 1 is 0.864 bits per heavy atom. The highest BCUT2D eigenvalue weighted by atomic mass is 32.2. The van der Waals surface area contributed by atoms with Crippen LogP contribution >= 0.6 is 0 Å². The molecule has 0 unspecified atom stereocenters. The minimum Gasteiger partial charge on any atom is -0.377 e. The molecule has 0 saturated heterocycles. The molecule has 124 valence electrons. The van der Waals surface area contributed by atoms with E-state index in [1.807, 2.05) is 0 Å². The van der Waals surface area contributed by atoms with Gasteiger partial charge in [-0.1, -0.05) is 24.3 Å². The molecule has 0 radical (unpaired) electrons. The fraction of sp³-hybridized carbons (Fsp3) is 0.467. The van der Waals surface area contributed by atoms with Gasteiger partial charge < -0.3 is 14.2 Å². The van der Waals surface area contributed by atoms with E-state index in [0.717, 1.165) is 0 Å². The van der Waals surface area contributed by atoms with Crippen LogP contribution in [-0.2, 0) is 28.5 Å². The lowest BCUT2D eigenvalue weighted by molar-refractivity contribution is 0.0139.